The van der Waals surface area contributed by atoms with Crippen molar-refractivity contribution in [3.8, 4) is 0 Å². The molecule has 0 aliphatic heterocycles. The Kier molecular flexibility index (Phi) is 9.08. The lowest BCUT2D eigenvalue weighted by molar-refractivity contribution is 0.0458. The molecule has 4 nitrogen and oxygen atoms in total. The van der Waals surface area contributed by atoms with Gasteiger partial charge in [0.15, 0.2) is 0 Å². The van der Waals surface area contributed by atoms with Crippen molar-refractivity contribution in [2.45, 2.75) is 71.3 Å². The van der Waals surface area contributed by atoms with Crippen molar-refractivity contribution in [3.63, 3.8) is 0 Å². The monoisotopic (exact) mass is 342 g/mol. The summed E-state index contributed by atoms with van der Waals surface area (Å²) >= 11 is 0. The van der Waals surface area contributed by atoms with E-state index >= 15 is 0 Å². The third-order valence-electron chi connectivity index (χ3n) is 3.81. The molecule has 0 fully saturated rings. The highest BCUT2D eigenvalue weighted by Gasteiger charge is 2.33. The van der Waals surface area contributed by atoms with Gasteiger partial charge in [0.2, 0.25) is 0 Å². The van der Waals surface area contributed by atoms with Gasteiger partial charge < -0.3 is 4.89 Å². The minimum absolute atomic E-state index is 0.256. The Morgan fingerprint density at radius 2 is 1.57 bits per heavy atom. The van der Waals surface area contributed by atoms with E-state index in [4.69, 9.17) is 9.05 Å². The molecular weight excluding hydrogens is 311 g/mol. The second-order valence-electron chi connectivity index (χ2n) is 6.39. The quantitative estimate of drug-likeness (QED) is 0.385. The summed E-state index contributed by atoms with van der Waals surface area (Å²) in [5, 5.41) is 0. The van der Waals surface area contributed by atoms with Gasteiger partial charge in [0.05, 0.1) is 12.2 Å². The number of phosphoric acid groups is 1. The molecule has 0 saturated carbocycles. The molecular formula is C18H31O4P. The lowest BCUT2D eigenvalue weighted by Gasteiger charge is -2.27. The van der Waals surface area contributed by atoms with Crippen LogP contribution in [0.4, 0.5) is 0 Å². The van der Waals surface area contributed by atoms with Crippen LogP contribution >= 0.6 is 7.82 Å². The first-order chi connectivity index (χ1) is 10.9. The lowest BCUT2D eigenvalue weighted by atomic mass is 9.99. The van der Waals surface area contributed by atoms with Crippen molar-refractivity contribution < 1.29 is 18.5 Å². The topological polar surface area (TPSA) is 55.8 Å². The maximum absolute atomic E-state index is 12.1. The minimum Gasteiger partial charge on any atom is -0.302 e. The molecule has 0 saturated heterocycles. The third-order valence-corrected chi connectivity index (χ3v) is 5.01. The highest BCUT2D eigenvalue weighted by Crippen LogP contribution is 2.50. The van der Waals surface area contributed by atoms with Crippen LogP contribution in [0, 0.1) is 0 Å². The van der Waals surface area contributed by atoms with Crippen LogP contribution in [0.3, 0.4) is 0 Å². The maximum Gasteiger partial charge on any atom is 0.473 e. The summed E-state index contributed by atoms with van der Waals surface area (Å²) in [6.07, 6.45) is 7.97. The molecule has 0 radical (unpaired) electrons. The maximum atomic E-state index is 12.1. The van der Waals surface area contributed by atoms with Crippen molar-refractivity contribution in [1.82, 2.24) is 0 Å². The Morgan fingerprint density at radius 1 is 1.00 bits per heavy atom. The number of phosphoric ester groups is 1. The summed E-state index contributed by atoms with van der Waals surface area (Å²) in [5.41, 5.74) is -0.0279. The predicted molar refractivity (Wildman–Crippen MR) is 94.3 cm³/mol. The highest BCUT2D eigenvalue weighted by atomic mass is 31.2. The molecule has 0 aliphatic carbocycles. The van der Waals surface area contributed by atoms with Gasteiger partial charge >= 0.3 is 7.82 Å². The van der Waals surface area contributed by atoms with Crippen molar-refractivity contribution in [2.24, 2.45) is 0 Å². The van der Waals surface area contributed by atoms with E-state index in [0.717, 1.165) is 24.8 Å². The van der Waals surface area contributed by atoms with Gasteiger partial charge in [-0.15, -0.1) is 0 Å². The van der Waals surface area contributed by atoms with Gasteiger partial charge in [0.25, 0.3) is 0 Å². The molecule has 1 aromatic rings. The third kappa shape index (κ3) is 8.66. The Morgan fingerprint density at radius 3 is 2.17 bits per heavy atom. The Hall–Kier alpha value is -0.670. The van der Waals surface area contributed by atoms with E-state index in [1.165, 1.54) is 25.7 Å². The Bertz CT molecular complexity index is 473. The van der Waals surface area contributed by atoms with Crippen molar-refractivity contribution in [2.75, 3.05) is 6.61 Å². The molecule has 0 heterocycles. The molecule has 1 N–H and O–H groups in total. The standard InChI is InChI=1S/C18H31O4P/c1-4-5-6-7-8-9-13-16-21-23(19,20)22-18(2,3)17-14-11-10-12-15-17/h10-12,14-15H,4-9,13,16H2,1-3H3,(H,19,20). The van der Waals surface area contributed by atoms with Crippen LogP contribution in [-0.2, 0) is 19.2 Å². The van der Waals surface area contributed by atoms with Crippen LogP contribution in [0.15, 0.2) is 30.3 Å². The Labute approximate surface area is 140 Å². The van der Waals surface area contributed by atoms with E-state index in [0.29, 0.717) is 0 Å². The van der Waals surface area contributed by atoms with E-state index in [2.05, 4.69) is 6.92 Å². The van der Waals surface area contributed by atoms with Crippen molar-refractivity contribution >= 4 is 7.82 Å². The van der Waals surface area contributed by atoms with Crippen LogP contribution in [0.25, 0.3) is 0 Å². The smallest absolute Gasteiger partial charge is 0.302 e. The molecule has 1 atom stereocenters. The number of unbranched alkanes of at least 4 members (excludes halogenated alkanes) is 6. The fraction of sp³-hybridized carbons (Fsp3) is 0.667. The fourth-order valence-corrected chi connectivity index (χ4v) is 3.54. The van der Waals surface area contributed by atoms with Crippen LogP contribution in [0.2, 0.25) is 0 Å². The van der Waals surface area contributed by atoms with Crippen molar-refractivity contribution in [1.29, 1.82) is 0 Å². The highest BCUT2D eigenvalue weighted by molar-refractivity contribution is 7.47. The molecule has 0 amide bonds. The predicted octanol–water partition coefficient (Wildman–Crippen LogP) is 5.81. The van der Waals surface area contributed by atoms with Gasteiger partial charge in [0.1, 0.15) is 0 Å². The average Bonchev–Trinajstić information content (AvgIpc) is 2.50. The van der Waals surface area contributed by atoms with Gasteiger partial charge in [0, 0.05) is 0 Å². The van der Waals surface area contributed by atoms with E-state index in [1.54, 1.807) is 13.8 Å². The van der Waals surface area contributed by atoms with Crippen molar-refractivity contribution in [3.05, 3.63) is 35.9 Å². The normalized spacial score (nSPS) is 14.6. The number of rotatable bonds is 12. The van der Waals surface area contributed by atoms with E-state index in [1.807, 2.05) is 30.3 Å². The SMILES string of the molecule is CCCCCCCCCOP(=O)(O)OC(C)(C)c1ccccc1. The summed E-state index contributed by atoms with van der Waals surface area (Å²) in [7, 11) is -4.05. The largest absolute Gasteiger partial charge is 0.473 e. The van der Waals surface area contributed by atoms with Crippen LogP contribution < -0.4 is 0 Å². The molecule has 0 bridgehead atoms. The summed E-state index contributed by atoms with van der Waals surface area (Å²) in [5.74, 6) is 0. The molecule has 0 aliphatic rings. The molecule has 132 valence electrons. The summed E-state index contributed by atoms with van der Waals surface area (Å²) in [6, 6.07) is 9.39. The summed E-state index contributed by atoms with van der Waals surface area (Å²) < 4.78 is 22.6. The molecule has 1 aromatic carbocycles. The number of hydrogen-bond donors (Lipinski definition) is 1. The van der Waals surface area contributed by atoms with Gasteiger partial charge in [-0.25, -0.2) is 4.57 Å². The first-order valence-electron chi connectivity index (χ1n) is 8.61. The second-order valence-corrected chi connectivity index (χ2v) is 7.77. The van der Waals surface area contributed by atoms with Gasteiger partial charge in [-0.3, -0.25) is 9.05 Å². The first kappa shape index (κ1) is 20.4. The first-order valence-corrected chi connectivity index (χ1v) is 10.1. The van der Waals surface area contributed by atoms with Crippen LogP contribution in [-0.4, -0.2) is 11.5 Å². The summed E-state index contributed by atoms with van der Waals surface area (Å²) in [4.78, 5) is 9.90. The summed E-state index contributed by atoms with van der Waals surface area (Å²) in [6.45, 7) is 5.99. The average molecular weight is 342 g/mol. The molecule has 23 heavy (non-hydrogen) atoms. The van der Waals surface area contributed by atoms with E-state index in [-0.39, 0.29) is 6.61 Å². The molecule has 1 rings (SSSR count). The number of benzene rings is 1. The molecule has 1 unspecified atom stereocenters. The van der Waals surface area contributed by atoms with Gasteiger partial charge in [-0.05, 0) is 25.8 Å². The van der Waals surface area contributed by atoms with E-state index < -0.39 is 13.4 Å². The van der Waals surface area contributed by atoms with E-state index in [9.17, 15) is 9.46 Å². The zero-order valence-electron chi connectivity index (χ0n) is 14.7. The molecule has 0 aromatic heterocycles. The zero-order chi connectivity index (χ0) is 17.2. The van der Waals surface area contributed by atoms with Gasteiger partial charge in [-0.2, -0.15) is 0 Å². The van der Waals surface area contributed by atoms with Crippen LogP contribution in [0.5, 0.6) is 0 Å². The molecule has 5 heteroatoms. The number of hydrogen-bond acceptors (Lipinski definition) is 3. The Balaban J connectivity index is 2.29. The van der Waals surface area contributed by atoms with Gasteiger partial charge in [-0.1, -0.05) is 75.8 Å². The fourth-order valence-electron chi connectivity index (χ4n) is 2.45. The molecule has 0 spiro atoms. The van der Waals surface area contributed by atoms with Crippen LogP contribution in [0.1, 0.15) is 71.3 Å². The second kappa shape index (κ2) is 10.2. The lowest BCUT2D eigenvalue weighted by Crippen LogP contribution is -2.20. The minimum atomic E-state index is -4.05. The zero-order valence-corrected chi connectivity index (χ0v) is 15.6.